The Hall–Kier alpha value is -2.95. The summed E-state index contributed by atoms with van der Waals surface area (Å²) in [5.74, 6) is 1.79. The Balaban J connectivity index is 1.47. The van der Waals surface area contributed by atoms with Crippen LogP contribution in [0.1, 0.15) is 16.1 Å². The number of para-hydroxylation sites is 1. The molecule has 5 nitrogen and oxygen atoms in total. The van der Waals surface area contributed by atoms with Gasteiger partial charge in [0.05, 0.1) is 6.54 Å². The number of amides is 1. The van der Waals surface area contributed by atoms with Crippen molar-refractivity contribution in [2.45, 2.75) is 6.54 Å². The number of carbonyl (C=O) groups excluding carboxylic acids is 1. The molecular formula is C17H13NO4. The lowest BCUT2D eigenvalue weighted by molar-refractivity contribution is 0.0948. The summed E-state index contributed by atoms with van der Waals surface area (Å²) in [4.78, 5) is 12.2. The van der Waals surface area contributed by atoms with Gasteiger partial charge in [-0.05, 0) is 30.3 Å². The van der Waals surface area contributed by atoms with E-state index < -0.39 is 0 Å². The van der Waals surface area contributed by atoms with Crippen LogP contribution in [0.3, 0.4) is 0 Å². The molecule has 0 atom stereocenters. The summed E-state index contributed by atoms with van der Waals surface area (Å²) >= 11 is 0. The van der Waals surface area contributed by atoms with Crippen LogP contribution < -0.4 is 14.8 Å². The molecule has 5 heteroatoms. The molecule has 1 amide bonds. The number of carbonyl (C=O) groups is 1. The fraction of sp³-hybridized carbons (Fsp3) is 0.118. The predicted molar refractivity (Wildman–Crippen MR) is 79.9 cm³/mol. The Morgan fingerprint density at radius 1 is 1.05 bits per heavy atom. The fourth-order valence-electron chi connectivity index (χ4n) is 2.43. The zero-order valence-corrected chi connectivity index (χ0v) is 11.7. The van der Waals surface area contributed by atoms with Crippen LogP contribution in [0.15, 0.2) is 52.9 Å². The second-order valence-corrected chi connectivity index (χ2v) is 5.00. The van der Waals surface area contributed by atoms with Gasteiger partial charge in [-0.1, -0.05) is 18.2 Å². The van der Waals surface area contributed by atoms with Gasteiger partial charge in [0.15, 0.2) is 11.5 Å². The zero-order valence-electron chi connectivity index (χ0n) is 11.7. The second-order valence-electron chi connectivity index (χ2n) is 5.00. The van der Waals surface area contributed by atoms with Crippen LogP contribution >= 0.6 is 0 Å². The van der Waals surface area contributed by atoms with Gasteiger partial charge in [-0.3, -0.25) is 4.79 Å². The van der Waals surface area contributed by atoms with E-state index in [0.717, 1.165) is 16.7 Å². The molecule has 0 bridgehead atoms. The molecule has 22 heavy (non-hydrogen) atoms. The van der Waals surface area contributed by atoms with Crippen LogP contribution in [0.4, 0.5) is 0 Å². The van der Waals surface area contributed by atoms with Crippen molar-refractivity contribution in [3.05, 3.63) is 59.9 Å². The van der Waals surface area contributed by atoms with Gasteiger partial charge < -0.3 is 19.2 Å². The first-order valence-corrected chi connectivity index (χ1v) is 6.95. The highest BCUT2D eigenvalue weighted by molar-refractivity contribution is 5.94. The first kappa shape index (κ1) is 12.8. The Labute approximate surface area is 126 Å². The van der Waals surface area contributed by atoms with Gasteiger partial charge in [0.2, 0.25) is 6.79 Å². The number of furan rings is 1. The molecule has 0 radical (unpaired) electrons. The Morgan fingerprint density at radius 3 is 2.82 bits per heavy atom. The van der Waals surface area contributed by atoms with E-state index in [1.807, 2.05) is 30.3 Å². The van der Waals surface area contributed by atoms with Crippen LogP contribution in [0.25, 0.3) is 11.0 Å². The van der Waals surface area contributed by atoms with Gasteiger partial charge in [-0.2, -0.15) is 0 Å². The number of rotatable bonds is 3. The molecule has 1 aliphatic rings. The number of ether oxygens (including phenoxy) is 2. The van der Waals surface area contributed by atoms with E-state index in [0.29, 0.717) is 23.6 Å². The normalized spacial score (nSPS) is 12.5. The summed E-state index contributed by atoms with van der Waals surface area (Å²) < 4.78 is 16.2. The molecule has 1 aromatic heterocycles. The van der Waals surface area contributed by atoms with E-state index in [4.69, 9.17) is 13.9 Å². The van der Waals surface area contributed by atoms with Gasteiger partial charge in [0.1, 0.15) is 11.3 Å². The molecule has 110 valence electrons. The first-order chi connectivity index (χ1) is 10.8. The molecular weight excluding hydrogens is 282 g/mol. The summed E-state index contributed by atoms with van der Waals surface area (Å²) in [6.45, 7) is 0.529. The maximum atomic E-state index is 12.2. The average Bonchev–Trinajstić information content (AvgIpc) is 3.17. The van der Waals surface area contributed by atoms with Crippen molar-refractivity contribution in [1.29, 1.82) is 0 Å². The Bertz CT molecular complexity index is 820. The standard InChI is InChI=1S/C17H13NO4/c19-17(12-5-6-15-16(8-12)21-10-20-15)18-9-13-7-11-3-1-2-4-14(11)22-13/h1-8H,9-10H2,(H,18,19). The minimum absolute atomic E-state index is 0.182. The summed E-state index contributed by atoms with van der Waals surface area (Å²) in [5, 5.41) is 3.86. The van der Waals surface area contributed by atoms with E-state index in [1.54, 1.807) is 18.2 Å². The summed E-state index contributed by atoms with van der Waals surface area (Å²) in [6, 6.07) is 14.8. The molecule has 3 aromatic rings. The largest absolute Gasteiger partial charge is 0.459 e. The third-order valence-electron chi connectivity index (χ3n) is 3.53. The first-order valence-electron chi connectivity index (χ1n) is 6.95. The van der Waals surface area contributed by atoms with Gasteiger partial charge in [-0.15, -0.1) is 0 Å². The number of benzene rings is 2. The number of hydrogen-bond donors (Lipinski definition) is 1. The van der Waals surface area contributed by atoms with Gasteiger partial charge >= 0.3 is 0 Å². The number of nitrogens with one attached hydrogen (secondary N) is 1. The Morgan fingerprint density at radius 2 is 1.91 bits per heavy atom. The van der Waals surface area contributed by atoms with Crippen molar-refractivity contribution in [2.24, 2.45) is 0 Å². The van der Waals surface area contributed by atoms with E-state index in [-0.39, 0.29) is 12.7 Å². The quantitative estimate of drug-likeness (QED) is 0.806. The lowest BCUT2D eigenvalue weighted by Crippen LogP contribution is -2.22. The SMILES string of the molecule is O=C(NCc1cc2ccccc2o1)c1ccc2c(c1)OCO2. The van der Waals surface area contributed by atoms with Crippen molar-refractivity contribution in [3.63, 3.8) is 0 Å². The third-order valence-corrected chi connectivity index (χ3v) is 3.53. The van der Waals surface area contributed by atoms with Crippen LogP contribution in [-0.4, -0.2) is 12.7 Å². The highest BCUT2D eigenvalue weighted by atomic mass is 16.7. The van der Waals surface area contributed by atoms with Crippen LogP contribution in [-0.2, 0) is 6.54 Å². The fourth-order valence-corrected chi connectivity index (χ4v) is 2.43. The minimum Gasteiger partial charge on any atom is -0.459 e. The topological polar surface area (TPSA) is 60.7 Å². The molecule has 0 unspecified atom stereocenters. The molecule has 2 aromatic carbocycles. The van der Waals surface area contributed by atoms with Crippen LogP contribution in [0, 0.1) is 0 Å². The summed E-state index contributed by atoms with van der Waals surface area (Å²) in [5.41, 5.74) is 1.34. The summed E-state index contributed by atoms with van der Waals surface area (Å²) in [7, 11) is 0. The van der Waals surface area contributed by atoms with Gasteiger partial charge in [0.25, 0.3) is 5.91 Å². The van der Waals surface area contributed by atoms with Crippen molar-refractivity contribution in [3.8, 4) is 11.5 Å². The number of fused-ring (bicyclic) bond motifs is 2. The van der Waals surface area contributed by atoms with Crippen molar-refractivity contribution in [1.82, 2.24) is 5.32 Å². The molecule has 1 aliphatic heterocycles. The summed E-state index contributed by atoms with van der Waals surface area (Å²) in [6.07, 6.45) is 0. The molecule has 1 N–H and O–H groups in total. The van der Waals surface area contributed by atoms with E-state index in [2.05, 4.69) is 5.32 Å². The molecule has 0 fully saturated rings. The van der Waals surface area contributed by atoms with Gasteiger partial charge in [0, 0.05) is 10.9 Å². The van der Waals surface area contributed by atoms with Crippen molar-refractivity contribution < 1.29 is 18.7 Å². The number of hydrogen-bond acceptors (Lipinski definition) is 4. The predicted octanol–water partition coefficient (Wildman–Crippen LogP) is 3.09. The molecule has 2 heterocycles. The Kier molecular flexibility index (Phi) is 2.96. The average molecular weight is 295 g/mol. The lowest BCUT2D eigenvalue weighted by Gasteiger charge is -2.04. The zero-order chi connectivity index (χ0) is 14.9. The lowest BCUT2D eigenvalue weighted by atomic mass is 10.2. The third kappa shape index (κ3) is 2.26. The van der Waals surface area contributed by atoms with E-state index in [9.17, 15) is 4.79 Å². The van der Waals surface area contributed by atoms with Gasteiger partial charge in [-0.25, -0.2) is 0 Å². The molecule has 0 saturated heterocycles. The van der Waals surface area contributed by atoms with Crippen LogP contribution in [0.2, 0.25) is 0 Å². The maximum absolute atomic E-state index is 12.2. The van der Waals surface area contributed by atoms with Crippen molar-refractivity contribution >= 4 is 16.9 Å². The highest BCUT2D eigenvalue weighted by Gasteiger charge is 2.16. The highest BCUT2D eigenvalue weighted by Crippen LogP contribution is 2.32. The molecule has 0 spiro atoms. The maximum Gasteiger partial charge on any atom is 0.251 e. The van der Waals surface area contributed by atoms with E-state index >= 15 is 0 Å². The minimum atomic E-state index is -0.182. The second kappa shape index (κ2) is 5.11. The smallest absolute Gasteiger partial charge is 0.251 e. The van der Waals surface area contributed by atoms with Crippen LogP contribution in [0.5, 0.6) is 11.5 Å². The monoisotopic (exact) mass is 295 g/mol. The van der Waals surface area contributed by atoms with E-state index in [1.165, 1.54) is 0 Å². The van der Waals surface area contributed by atoms with Crippen molar-refractivity contribution in [2.75, 3.05) is 6.79 Å². The molecule has 0 saturated carbocycles. The molecule has 4 rings (SSSR count). The molecule has 0 aliphatic carbocycles.